The van der Waals surface area contributed by atoms with Crippen molar-refractivity contribution < 1.29 is 14.3 Å². The summed E-state index contributed by atoms with van der Waals surface area (Å²) < 4.78 is 4.73. The first kappa shape index (κ1) is 14.3. The molecular formula is C14H24N2O3. The fourth-order valence-corrected chi connectivity index (χ4v) is 3.19. The number of nitrogens with one attached hydrogen (secondary N) is 1. The molecule has 2 fully saturated rings. The Balaban J connectivity index is 2.14. The van der Waals surface area contributed by atoms with Gasteiger partial charge in [-0.2, -0.15) is 0 Å². The summed E-state index contributed by atoms with van der Waals surface area (Å²) in [6.07, 6.45) is 4.88. The maximum Gasteiger partial charge on any atom is 0.307 e. The van der Waals surface area contributed by atoms with Crippen LogP contribution in [0.25, 0.3) is 0 Å². The van der Waals surface area contributed by atoms with E-state index in [1.165, 1.54) is 20.0 Å². The molecule has 0 radical (unpaired) electrons. The van der Waals surface area contributed by atoms with Crippen LogP contribution in [0.15, 0.2) is 0 Å². The van der Waals surface area contributed by atoms with Gasteiger partial charge in [-0.25, -0.2) is 0 Å². The maximum absolute atomic E-state index is 12.2. The summed E-state index contributed by atoms with van der Waals surface area (Å²) >= 11 is 0. The second-order valence-corrected chi connectivity index (χ2v) is 5.78. The number of carbonyl (C=O) groups excluding carboxylic acids is 2. The highest BCUT2D eigenvalue weighted by Gasteiger charge is 2.37. The first-order chi connectivity index (χ1) is 9.11. The summed E-state index contributed by atoms with van der Waals surface area (Å²) in [5.74, 6) is 0.0894. The number of hydrogen-bond acceptors (Lipinski definition) is 4. The summed E-state index contributed by atoms with van der Waals surface area (Å²) in [5.41, 5.74) is 0. The van der Waals surface area contributed by atoms with Crippen LogP contribution in [-0.4, -0.2) is 49.1 Å². The number of nitrogens with zero attached hydrogens (tertiary/aromatic N) is 1. The second-order valence-electron chi connectivity index (χ2n) is 5.78. The van der Waals surface area contributed by atoms with Crippen molar-refractivity contribution in [2.24, 2.45) is 5.92 Å². The van der Waals surface area contributed by atoms with Gasteiger partial charge in [-0.3, -0.25) is 14.5 Å². The smallest absolute Gasteiger partial charge is 0.307 e. The molecule has 5 nitrogen and oxygen atoms in total. The van der Waals surface area contributed by atoms with E-state index in [-0.39, 0.29) is 24.3 Å². The SMILES string of the molecule is COC(=O)CC1C(=O)NCC(C)CN1C1CCCC1. The molecule has 1 aliphatic carbocycles. The third-order valence-electron chi connectivity index (χ3n) is 4.23. The van der Waals surface area contributed by atoms with Gasteiger partial charge in [0.1, 0.15) is 0 Å². The van der Waals surface area contributed by atoms with Crippen LogP contribution in [-0.2, 0) is 14.3 Å². The topological polar surface area (TPSA) is 58.6 Å². The van der Waals surface area contributed by atoms with Crippen LogP contribution in [0, 0.1) is 5.92 Å². The van der Waals surface area contributed by atoms with Gasteiger partial charge in [0, 0.05) is 19.1 Å². The first-order valence-corrected chi connectivity index (χ1v) is 7.22. The maximum atomic E-state index is 12.2. The Labute approximate surface area is 114 Å². The van der Waals surface area contributed by atoms with Crippen molar-refractivity contribution >= 4 is 11.9 Å². The van der Waals surface area contributed by atoms with Crippen molar-refractivity contribution in [3.8, 4) is 0 Å². The largest absolute Gasteiger partial charge is 0.469 e. The van der Waals surface area contributed by atoms with Gasteiger partial charge < -0.3 is 10.1 Å². The van der Waals surface area contributed by atoms with E-state index in [0.717, 1.165) is 19.4 Å². The molecule has 2 atom stereocenters. The lowest BCUT2D eigenvalue weighted by Crippen LogP contribution is -2.49. The van der Waals surface area contributed by atoms with E-state index in [1.54, 1.807) is 0 Å². The van der Waals surface area contributed by atoms with Crippen LogP contribution >= 0.6 is 0 Å². The van der Waals surface area contributed by atoms with Gasteiger partial charge in [0.15, 0.2) is 0 Å². The van der Waals surface area contributed by atoms with Gasteiger partial charge in [-0.05, 0) is 18.8 Å². The number of carbonyl (C=O) groups is 2. The molecule has 1 heterocycles. The van der Waals surface area contributed by atoms with E-state index in [9.17, 15) is 9.59 Å². The summed E-state index contributed by atoms with van der Waals surface area (Å²) in [4.78, 5) is 26.0. The van der Waals surface area contributed by atoms with E-state index < -0.39 is 0 Å². The molecule has 0 aromatic carbocycles. The highest BCUT2D eigenvalue weighted by atomic mass is 16.5. The van der Waals surface area contributed by atoms with Gasteiger partial charge in [0.2, 0.25) is 5.91 Å². The fourth-order valence-electron chi connectivity index (χ4n) is 3.19. The van der Waals surface area contributed by atoms with Crippen LogP contribution in [0.4, 0.5) is 0 Å². The van der Waals surface area contributed by atoms with Crippen molar-refractivity contribution in [3.63, 3.8) is 0 Å². The molecule has 2 rings (SSSR count). The van der Waals surface area contributed by atoms with E-state index in [1.807, 2.05) is 0 Å². The molecule has 1 saturated carbocycles. The second kappa shape index (κ2) is 6.37. The van der Waals surface area contributed by atoms with Gasteiger partial charge in [0.25, 0.3) is 0 Å². The Hall–Kier alpha value is -1.10. The van der Waals surface area contributed by atoms with Gasteiger partial charge >= 0.3 is 5.97 Å². The Morgan fingerprint density at radius 1 is 1.42 bits per heavy atom. The molecular weight excluding hydrogens is 244 g/mol. The predicted molar refractivity (Wildman–Crippen MR) is 71.6 cm³/mol. The highest BCUT2D eigenvalue weighted by Crippen LogP contribution is 2.28. The minimum Gasteiger partial charge on any atom is -0.469 e. The Bertz CT molecular complexity index is 340. The first-order valence-electron chi connectivity index (χ1n) is 7.22. The van der Waals surface area contributed by atoms with E-state index in [0.29, 0.717) is 18.5 Å². The lowest BCUT2D eigenvalue weighted by atomic mass is 10.1. The Kier molecular flexibility index (Phi) is 4.80. The van der Waals surface area contributed by atoms with Crippen LogP contribution in [0.5, 0.6) is 0 Å². The minimum atomic E-state index is -0.361. The number of esters is 1. The fraction of sp³-hybridized carbons (Fsp3) is 0.857. The zero-order valence-corrected chi connectivity index (χ0v) is 11.9. The molecule has 108 valence electrons. The lowest BCUT2D eigenvalue weighted by Gasteiger charge is -2.34. The van der Waals surface area contributed by atoms with Crippen LogP contribution in [0.3, 0.4) is 0 Å². The van der Waals surface area contributed by atoms with Gasteiger partial charge in [0.05, 0.1) is 19.6 Å². The van der Waals surface area contributed by atoms with Crippen LogP contribution < -0.4 is 5.32 Å². The van der Waals surface area contributed by atoms with Crippen LogP contribution in [0.1, 0.15) is 39.0 Å². The quantitative estimate of drug-likeness (QED) is 0.774. The molecule has 1 saturated heterocycles. The van der Waals surface area contributed by atoms with E-state index in [4.69, 9.17) is 4.74 Å². The molecule has 1 amide bonds. The number of rotatable bonds is 3. The number of hydrogen-bond donors (Lipinski definition) is 1. The number of ether oxygens (including phenoxy) is 1. The average molecular weight is 268 g/mol. The van der Waals surface area contributed by atoms with Gasteiger partial charge in [-0.15, -0.1) is 0 Å². The molecule has 0 spiro atoms. The van der Waals surface area contributed by atoms with Crippen LogP contribution in [0.2, 0.25) is 0 Å². The summed E-state index contributed by atoms with van der Waals surface area (Å²) in [6.45, 7) is 3.72. The zero-order valence-electron chi connectivity index (χ0n) is 11.9. The third kappa shape index (κ3) is 3.47. The Morgan fingerprint density at radius 3 is 2.74 bits per heavy atom. The molecule has 5 heteroatoms. The minimum absolute atomic E-state index is 0.0263. The van der Waals surface area contributed by atoms with Crippen molar-refractivity contribution in [1.82, 2.24) is 10.2 Å². The average Bonchev–Trinajstić information content (AvgIpc) is 2.89. The molecule has 0 aromatic heterocycles. The summed E-state index contributed by atoms with van der Waals surface area (Å²) in [5, 5.41) is 2.94. The normalized spacial score (nSPS) is 29.9. The number of methoxy groups -OCH3 is 1. The highest BCUT2D eigenvalue weighted by molar-refractivity contribution is 5.86. The molecule has 1 aliphatic heterocycles. The van der Waals surface area contributed by atoms with E-state index >= 15 is 0 Å². The lowest BCUT2D eigenvalue weighted by molar-refractivity contribution is -0.145. The summed E-state index contributed by atoms with van der Waals surface area (Å²) in [6, 6.07) is 0.0847. The molecule has 1 N–H and O–H groups in total. The third-order valence-corrected chi connectivity index (χ3v) is 4.23. The molecule has 0 aromatic rings. The standard InChI is InChI=1S/C14H24N2O3/c1-10-8-15-14(18)12(7-13(17)19-2)16(9-10)11-5-3-4-6-11/h10-12H,3-9H2,1-2H3,(H,15,18). The Morgan fingerprint density at radius 2 is 2.11 bits per heavy atom. The van der Waals surface area contributed by atoms with Gasteiger partial charge in [-0.1, -0.05) is 19.8 Å². The van der Waals surface area contributed by atoms with Crippen molar-refractivity contribution in [2.75, 3.05) is 20.2 Å². The number of amides is 1. The summed E-state index contributed by atoms with van der Waals surface area (Å²) in [7, 11) is 1.37. The molecule has 2 aliphatic rings. The molecule has 2 unspecified atom stereocenters. The van der Waals surface area contributed by atoms with Crippen molar-refractivity contribution in [2.45, 2.75) is 51.1 Å². The monoisotopic (exact) mass is 268 g/mol. The zero-order chi connectivity index (χ0) is 13.8. The van der Waals surface area contributed by atoms with E-state index in [2.05, 4.69) is 17.1 Å². The molecule has 19 heavy (non-hydrogen) atoms. The predicted octanol–water partition coefficient (Wildman–Crippen LogP) is 0.929. The van der Waals surface area contributed by atoms with Crippen molar-refractivity contribution in [1.29, 1.82) is 0 Å². The molecule has 0 bridgehead atoms. The van der Waals surface area contributed by atoms with Crippen molar-refractivity contribution in [3.05, 3.63) is 0 Å².